The SMILES string of the molecule is C1CO1.CC(C)(O)C#CC(C)(C)O.CCC(C)(O)C#CC(C)(O)CC. The highest BCUT2D eigenvalue weighted by atomic mass is 16.6. The van der Waals surface area contributed by atoms with E-state index in [0.717, 1.165) is 13.2 Å². The molecule has 0 aromatic rings. The summed E-state index contributed by atoms with van der Waals surface area (Å²) in [5.41, 5.74) is -3.97. The average Bonchev–Trinajstić information content (AvgIpc) is 3.31. The number of aliphatic hydroxyl groups is 4. The van der Waals surface area contributed by atoms with Gasteiger partial charge in [-0.25, -0.2) is 0 Å². The minimum absolute atomic E-state index is 0.569. The lowest BCUT2D eigenvalue weighted by atomic mass is 10.00. The molecule has 1 heterocycles. The molecule has 2 unspecified atom stereocenters. The van der Waals surface area contributed by atoms with Crippen LogP contribution in [0.3, 0.4) is 0 Å². The van der Waals surface area contributed by atoms with Crippen LogP contribution in [0.5, 0.6) is 0 Å². The zero-order chi connectivity index (χ0) is 20.4. The Morgan fingerprint density at radius 1 is 0.640 bits per heavy atom. The summed E-state index contributed by atoms with van der Waals surface area (Å²) in [5, 5.41) is 37.2. The third-order valence-corrected chi connectivity index (χ3v) is 2.86. The maximum atomic E-state index is 9.50. The molecule has 0 aromatic heterocycles. The van der Waals surface area contributed by atoms with Gasteiger partial charge in [-0.2, -0.15) is 0 Å². The van der Waals surface area contributed by atoms with E-state index in [1.54, 1.807) is 41.5 Å². The minimum atomic E-state index is -1.01. The van der Waals surface area contributed by atoms with Gasteiger partial charge in [0, 0.05) is 0 Å². The molecule has 0 bridgehead atoms. The van der Waals surface area contributed by atoms with Crippen LogP contribution in [0.1, 0.15) is 68.2 Å². The molecule has 0 saturated carbocycles. The second kappa shape index (κ2) is 10.8. The first-order valence-corrected chi connectivity index (χ1v) is 8.59. The fourth-order valence-corrected chi connectivity index (χ4v) is 0.752. The number of hydrogen-bond acceptors (Lipinski definition) is 5. The molecular weight excluding hydrogens is 320 g/mol. The van der Waals surface area contributed by atoms with Crippen molar-refractivity contribution in [1.29, 1.82) is 0 Å². The monoisotopic (exact) mass is 356 g/mol. The molecule has 0 aliphatic carbocycles. The third-order valence-electron chi connectivity index (χ3n) is 2.86. The van der Waals surface area contributed by atoms with Crippen LogP contribution < -0.4 is 0 Å². The summed E-state index contributed by atoms with van der Waals surface area (Å²) in [4.78, 5) is 0. The maximum absolute atomic E-state index is 9.50. The van der Waals surface area contributed by atoms with Crippen LogP contribution in [0.15, 0.2) is 0 Å². The predicted molar refractivity (Wildman–Crippen MR) is 101 cm³/mol. The molecule has 4 N–H and O–H groups in total. The lowest BCUT2D eigenvalue weighted by Crippen LogP contribution is -2.24. The van der Waals surface area contributed by atoms with Crippen molar-refractivity contribution >= 4 is 0 Å². The molecule has 1 aliphatic heterocycles. The standard InChI is InChI=1S/C10H18O2.C8H14O2.C2H4O/c1-5-9(3,11)7-8-10(4,12)6-2;1-7(2,9)5-6-8(3,4)10;1-2-3-1/h11-12H,5-6H2,1-4H3;9-10H,1-4H3;1-2H2. The largest absolute Gasteiger partial charge is 0.378 e. The van der Waals surface area contributed by atoms with Gasteiger partial charge in [0.2, 0.25) is 0 Å². The third kappa shape index (κ3) is 25.3. The van der Waals surface area contributed by atoms with Crippen molar-refractivity contribution < 1.29 is 25.2 Å². The summed E-state index contributed by atoms with van der Waals surface area (Å²) >= 11 is 0. The normalized spacial score (nSPS) is 17.4. The number of ether oxygens (including phenoxy) is 1. The molecule has 5 nitrogen and oxygen atoms in total. The van der Waals surface area contributed by atoms with Crippen LogP contribution in [0.4, 0.5) is 0 Å². The van der Waals surface area contributed by atoms with E-state index in [9.17, 15) is 10.2 Å². The van der Waals surface area contributed by atoms with Crippen molar-refractivity contribution in [2.75, 3.05) is 13.2 Å². The van der Waals surface area contributed by atoms with Gasteiger partial charge in [0.1, 0.15) is 22.4 Å². The van der Waals surface area contributed by atoms with E-state index in [-0.39, 0.29) is 0 Å². The fourth-order valence-electron chi connectivity index (χ4n) is 0.752. The molecule has 146 valence electrons. The molecule has 1 fully saturated rings. The highest BCUT2D eigenvalue weighted by Crippen LogP contribution is 2.10. The molecule has 0 radical (unpaired) electrons. The van der Waals surface area contributed by atoms with E-state index >= 15 is 0 Å². The second-order valence-electron chi connectivity index (χ2n) is 7.49. The van der Waals surface area contributed by atoms with Crippen LogP contribution in [-0.2, 0) is 4.74 Å². The molecule has 2 atom stereocenters. The van der Waals surface area contributed by atoms with Crippen molar-refractivity contribution in [3.05, 3.63) is 0 Å². The predicted octanol–water partition coefficient (Wildman–Crippen LogP) is 1.86. The highest BCUT2D eigenvalue weighted by Gasteiger charge is 2.17. The van der Waals surface area contributed by atoms with Gasteiger partial charge in [0.15, 0.2) is 0 Å². The Labute approximate surface area is 153 Å². The van der Waals surface area contributed by atoms with Crippen LogP contribution in [0.2, 0.25) is 0 Å². The van der Waals surface area contributed by atoms with Gasteiger partial charge in [-0.05, 0) is 54.4 Å². The van der Waals surface area contributed by atoms with Gasteiger partial charge < -0.3 is 25.2 Å². The minimum Gasteiger partial charge on any atom is -0.378 e. The summed E-state index contributed by atoms with van der Waals surface area (Å²) in [7, 11) is 0. The van der Waals surface area contributed by atoms with E-state index < -0.39 is 22.4 Å². The van der Waals surface area contributed by atoms with E-state index in [0.29, 0.717) is 12.8 Å². The van der Waals surface area contributed by atoms with Gasteiger partial charge in [-0.3, -0.25) is 0 Å². The Balaban J connectivity index is 0. The fraction of sp³-hybridized carbons (Fsp3) is 0.800. The first-order valence-electron chi connectivity index (χ1n) is 8.59. The molecule has 25 heavy (non-hydrogen) atoms. The molecule has 0 spiro atoms. The van der Waals surface area contributed by atoms with Crippen molar-refractivity contribution in [3.63, 3.8) is 0 Å². The van der Waals surface area contributed by atoms with Gasteiger partial charge in [0.05, 0.1) is 13.2 Å². The van der Waals surface area contributed by atoms with Crippen molar-refractivity contribution in [1.82, 2.24) is 0 Å². The zero-order valence-corrected chi connectivity index (χ0v) is 17.0. The van der Waals surface area contributed by atoms with Crippen molar-refractivity contribution in [2.45, 2.75) is 90.6 Å². The quantitative estimate of drug-likeness (QED) is 0.448. The van der Waals surface area contributed by atoms with Crippen molar-refractivity contribution in [2.24, 2.45) is 0 Å². The molecule has 0 amide bonds. The van der Waals surface area contributed by atoms with Crippen LogP contribution in [0, 0.1) is 23.7 Å². The van der Waals surface area contributed by atoms with E-state index in [4.69, 9.17) is 10.2 Å². The summed E-state index contributed by atoms with van der Waals surface area (Å²) in [6, 6.07) is 0. The Morgan fingerprint density at radius 2 is 0.880 bits per heavy atom. The molecule has 1 rings (SSSR count). The lowest BCUT2D eigenvalue weighted by molar-refractivity contribution is 0.106. The topological polar surface area (TPSA) is 93.5 Å². The first-order chi connectivity index (χ1) is 11.0. The van der Waals surface area contributed by atoms with E-state index in [1.165, 1.54) is 0 Å². The lowest BCUT2D eigenvalue weighted by Gasteiger charge is -2.16. The van der Waals surface area contributed by atoms with E-state index in [2.05, 4.69) is 28.4 Å². The van der Waals surface area contributed by atoms with Crippen LogP contribution >= 0.6 is 0 Å². The average molecular weight is 357 g/mol. The summed E-state index contributed by atoms with van der Waals surface area (Å²) < 4.78 is 4.50. The Hall–Kier alpha value is -1.08. The summed E-state index contributed by atoms with van der Waals surface area (Å²) in [6.45, 7) is 15.3. The molecular formula is C20H36O5. The Kier molecular flexibility index (Phi) is 11.3. The first kappa shape index (κ1) is 26.2. The maximum Gasteiger partial charge on any atom is 0.122 e. The van der Waals surface area contributed by atoms with Crippen LogP contribution in [0.25, 0.3) is 0 Å². The molecule has 1 aliphatic rings. The Morgan fingerprint density at radius 3 is 1.00 bits per heavy atom. The molecule has 0 aromatic carbocycles. The van der Waals surface area contributed by atoms with Gasteiger partial charge in [-0.1, -0.05) is 37.5 Å². The number of epoxide rings is 1. The number of rotatable bonds is 2. The Bertz CT molecular complexity index is 442. The van der Waals surface area contributed by atoms with E-state index in [1.807, 2.05) is 13.8 Å². The summed E-state index contributed by atoms with van der Waals surface area (Å²) in [6.07, 6.45) is 1.14. The van der Waals surface area contributed by atoms with Gasteiger partial charge >= 0.3 is 0 Å². The van der Waals surface area contributed by atoms with Gasteiger partial charge in [-0.15, -0.1) is 0 Å². The smallest absolute Gasteiger partial charge is 0.122 e. The molecule has 5 heteroatoms. The second-order valence-corrected chi connectivity index (χ2v) is 7.49. The zero-order valence-electron chi connectivity index (χ0n) is 17.0. The number of hydrogen-bond donors (Lipinski definition) is 4. The summed E-state index contributed by atoms with van der Waals surface area (Å²) in [5.74, 6) is 10.3. The highest BCUT2D eigenvalue weighted by molar-refractivity contribution is 5.18. The van der Waals surface area contributed by atoms with Gasteiger partial charge in [0.25, 0.3) is 0 Å². The van der Waals surface area contributed by atoms with Crippen LogP contribution in [-0.4, -0.2) is 56.0 Å². The molecule has 1 saturated heterocycles. The van der Waals surface area contributed by atoms with Crippen molar-refractivity contribution in [3.8, 4) is 23.7 Å².